The molecular weight excluding hydrogens is 308 g/mol. The van der Waals surface area contributed by atoms with Gasteiger partial charge in [0.25, 0.3) is 0 Å². The van der Waals surface area contributed by atoms with Crippen molar-refractivity contribution in [3.05, 3.63) is 23.6 Å². The third kappa shape index (κ3) is 3.81. The van der Waals surface area contributed by atoms with Gasteiger partial charge in [-0.2, -0.15) is 4.98 Å². The number of hydrogen-bond acceptors (Lipinski definition) is 7. The van der Waals surface area contributed by atoms with Crippen molar-refractivity contribution in [1.29, 1.82) is 0 Å². The normalized spacial score (nSPS) is 25.2. The van der Waals surface area contributed by atoms with Gasteiger partial charge in [-0.15, -0.1) is 5.10 Å². The zero-order valence-corrected chi connectivity index (χ0v) is 14.1. The molecule has 1 aliphatic heterocycles. The van der Waals surface area contributed by atoms with Crippen molar-refractivity contribution in [2.24, 2.45) is 5.92 Å². The maximum Gasteiger partial charge on any atom is 0.229 e. The molecule has 1 aliphatic carbocycles. The van der Waals surface area contributed by atoms with Gasteiger partial charge in [0.05, 0.1) is 17.7 Å². The molecule has 2 aromatic heterocycles. The molecule has 2 aliphatic rings. The molecule has 2 fully saturated rings. The lowest BCUT2D eigenvalue weighted by Crippen LogP contribution is -2.49. The number of piperidine rings is 1. The number of aryl methyl sites for hydroxylation is 1. The highest BCUT2D eigenvalue weighted by Crippen LogP contribution is 2.30. The molecule has 1 saturated heterocycles. The highest BCUT2D eigenvalue weighted by molar-refractivity contribution is 4.99. The lowest BCUT2D eigenvalue weighted by molar-refractivity contribution is -0.0376. The molecule has 4 rings (SSSR count). The van der Waals surface area contributed by atoms with Crippen LogP contribution in [0.2, 0.25) is 0 Å². The molecule has 2 aromatic rings. The third-order valence-electron chi connectivity index (χ3n) is 4.80. The Kier molecular flexibility index (Phi) is 4.09. The van der Waals surface area contributed by atoms with Gasteiger partial charge >= 0.3 is 0 Å². The maximum absolute atomic E-state index is 10.9. The van der Waals surface area contributed by atoms with E-state index < -0.39 is 5.60 Å². The number of rotatable bonds is 6. The highest BCUT2D eigenvalue weighted by atomic mass is 16.5. The Morgan fingerprint density at radius 1 is 1.42 bits per heavy atom. The second-order valence-corrected chi connectivity index (χ2v) is 7.33. The Bertz CT molecular complexity index is 694. The summed E-state index contributed by atoms with van der Waals surface area (Å²) < 4.78 is 7.12. The zero-order chi connectivity index (χ0) is 16.6. The van der Waals surface area contributed by atoms with Crippen LogP contribution < -0.4 is 0 Å². The van der Waals surface area contributed by atoms with Gasteiger partial charge in [-0.25, -0.2) is 0 Å². The Morgan fingerprint density at radius 3 is 3.04 bits per heavy atom. The van der Waals surface area contributed by atoms with E-state index in [1.807, 2.05) is 10.9 Å². The van der Waals surface area contributed by atoms with Gasteiger partial charge in [0, 0.05) is 25.8 Å². The first-order valence-electron chi connectivity index (χ1n) is 8.71. The van der Waals surface area contributed by atoms with Gasteiger partial charge in [0.1, 0.15) is 0 Å². The van der Waals surface area contributed by atoms with Gasteiger partial charge < -0.3 is 9.63 Å². The molecule has 130 valence electrons. The SMILES string of the molecule is Cc1noc(CC2(O)CCCN(Cc3cn(CC4CC4)nn3)C2)n1. The predicted octanol–water partition coefficient (Wildman–Crippen LogP) is 0.949. The summed E-state index contributed by atoms with van der Waals surface area (Å²) in [6, 6.07) is 0. The largest absolute Gasteiger partial charge is 0.388 e. The number of β-amino-alcohol motifs (C(OH)–C–C–N with tert-alkyl or cyclic N) is 1. The predicted molar refractivity (Wildman–Crippen MR) is 84.9 cm³/mol. The van der Waals surface area contributed by atoms with Crippen molar-refractivity contribution in [3.8, 4) is 0 Å². The van der Waals surface area contributed by atoms with Gasteiger partial charge in [-0.05, 0) is 45.1 Å². The molecule has 8 heteroatoms. The van der Waals surface area contributed by atoms with Crippen LogP contribution in [0.25, 0.3) is 0 Å². The minimum absolute atomic E-state index is 0.401. The summed E-state index contributed by atoms with van der Waals surface area (Å²) in [5.74, 6) is 1.90. The molecule has 0 spiro atoms. The van der Waals surface area contributed by atoms with Crippen molar-refractivity contribution in [2.75, 3.05) is 13.1 Å². The molecule has 1 atom stereocenters. The van der Waals surface area contributed by atoms with Gasteiger partial charge in [-0.1, -0.05) is 10.4 Å². The Hall–Kier alpha value is -1.80. The summed E-state index contributed by atoms with van der Waals surface area (Å²) in [6.45, 7) is 5.03. The fourth-order valence-electron chi connectivity index (χ4n) is 3.47. The average Bonchev–Trinajstić information content (AvgIpc) is 3.08. The first-order valence-corrected chi connectivity index (χ1v) is 8.71. The second kappa shape index (κ2) is 6.25. The van der Waals surface area contributed by atoms with E-state index in [9.17, 15) is 5.11 Å². The molecule has 24 heavy (non-hydrogen) atoms. The van der Waals surface area contributed by atoms with Crippen molar-refractivity contribution in [3.63, 3.8) is 0 Å². The number of likely N-dealkylation sites (tertiary alicyclic amines) is 1. The third-order valence-corrected chi connectivity index (χ3v) is 4.80. The van der Waals surface area contributed by atoms with E-state index in [2.05, 4.69) is 25.4 Å². The van der Waals surface area contributed by atoms with E-state index in [0.29, 0.717) is 24.7 Å². The van der Waals surface area contributed by atoms with Crippen molar-refractivity contribution in [2.45, 2.75) is 57.7 Å². The van der Waals surface area contributed by atoms with Crippen LogP contribution in [0.1, 0.15) is 43.1 Å². The molecule has 0 bridgehead atoms. The van der Waals surface area contributed by atoms with E-state index in [4.69, 9.17) is 4.52 Å². The van der Waals surface area contributed by atoms with Crippen LogP contribution in [0.3, 0.4) is 0 Å². The van der Waals surface area contributed by atoms with Crippen molar-refractivity contribution >= 4 is 0 Å². The molecule has 1 saturated carbocycles. The van der Waals surface area contributed by atoms with Crippen LogP contribution >= 0.6 is 0 Å². The summed E-state index contributed by atoms with van der Waals surface area (Å²) in [6.07, 6.45) is 6.75. The Labute approximate surface area is 140 Å². The van der Waals surface area contributed by atoms with Crippen molar-refractivity contribution in [1.82, 2.24) is 30.0 Å². The molecule has 3 heterocycles. The minimum atomic E-state index is -0.818. The second-order valence-electron chi connectivity index (χ2n) is 7.33. The molecule has 1 N–H and O–H groups in total. The molecule has 0 radical (unpaired) electrons. The summed E-state index contributed by atoms with van der Waals surface area (Å²) in [5, 5.41) is 23.2. The minimum Gasteiger partial charge on any atom is -0.388 e. The fraction of sp³-hybridized carbons (Fsp3) is 0.750. The van der Waals surface area contributed by atoms with E-state index in [1.54, 1.807) is 6.92 Å². The lowest BCUT2D eigenvalue weighted by atomic mass is 9.89. The molecular formula is C16H24N6O2. The van der Waals surface area contributed by atoms with Crippen molar-refractivity contribution < 1.29 is 9.63 Å². The van der Waals surface area contributed by atoms with Crippen LogP contribution in [0.5, 0.6) is 0 Å². The molecule has 8 nitrogen and oxygen atoms in total. The summed E-state index contributed by atoms with van der Waals surface area (Å²) >= 11 is 0. The lowest BCUT2D eigenvalue weighted by Gasteiger charge is -2.38. The average molecular weight is 332 g/mol. The topological polar surface area (TPSA) is 93.1 Å². The summed E-state index contributed by atoms with van der Waals surface area (Å²) in [7, 11) is 0. The number of aliphatic hydroxyl groups is 1. The van der Waals surface area contributed by atoms with E-state index in [0.717, 1.165) is 44.1 Å². The van der Waals surface area contributed by atoms with Crippen LogP contribution in [-0.2, 0) is 19.5 Å². The van der Waals surface area contributed by atoms with Gasteiger partial charge in [-0.3, -0.25) is 9.58 Å². The van der Waals surface area contributed by atoms with Gasteiger partial charge in [0.15, 0.2) is 5.82 Å². The smallest absolute Gasteiger partial charge is 0.229 e. The Balaban J connectivity index is 1.36. The molecule has 0 amide bonds. The molecule has 0 aromatic carbocycles. The van der Waals surface area contributed by atoms with Crippen LogP contribution in [-0.4, -0.2) is 53.8 Å². The number of aromatic nitrogens is 5. The number of nitrogens with zero attached hydrogens (tertiary/aromatic N) is 6. The van der Waals surface area contributed by atoms with Crippen LogP contribution in [0.15, 0.2) is 10.7 Å². The first-order chi connectivity index (χ1) is 11.6. The van der Waals surface area contributed by atoms with Crippen LogP contribution in [0, 0.1) is 12.8 Å². The summed E-state index contributed by atoms with van der Waals surface area (Å²) in [4.78, 5) is 6.45. The van der Waals surface area contributed by atoms with E-state index >= 15 is 0 Å². The quantitative estimate of drug-likeness (QED) is 0.841. The van der Waals surface area contributed by atoms with Gasteiger partial charge in [0.2, 0.25) is 5.89 Å². The molecule has 1 unspecified atom stereocenters. The van der Waals surface area contributed by atoms with E-state index in [1.165, 1.54) is 12.8 Å². The number of hydrogen-bond donors (Lipinski definition) is 1. The fourth-order valence-corrected chi connectivity index (χ4v) is 3.47. The zero-order valence-electron chi connectivity index (χ0n) is 14.1. The Morgan fingerprint density at radius 2 is 2.29 bits per heavy atom. The summed E-state index contributed by atoms with van der Waals surface area (Å²) in [5.41, 5.74) is 0.148. The highest BCUT2D eigenvalue weighted by Gasteiger charge is 2.35. The standard InChI is InChI=1S/C16H24N6O2/c1-12-17-15(24-19-12)7-16(23)5-2-6-21(11-16)9-14-10-22(20-18-14)8-13-3-4-13/h10,13,23H,2-9,11H2,1H3. The monoisotopic (exact) mass is 332 g/mol. The van der Waals surface area contributed by atoms with Crippen LogP contribution in [0.4, 0.5) is 0 Å². The van der Waals surface area contributed by atoms with E-state index in [-0.39, 0.29) is 0 Å². The first kappa shape index (κ1) is 15.7. The maximum atomic E-state index is 10.9.